The molecular formula is C19H32N4OS. The number of fused-ring (bicyclic) bond motifs is 1. The van der Waals surface area contributed by atoms with Gasteiger partial charge in [0, 0.05) is 37.8 Å². The van der Waals surface area contributed by atoms with Crippen molar-refractivity contribution in [3.8, 4) is 0 Å². The van der Waals surface area contributed by atoms with Crippen molar-refractivity contribution in [1.29, 1.82) is 0 Å². The molecule has 2 heterocycles. The molecule has 0 radical (unpaired) electrons. The number of amides is 2. The number of aromatic nitrogens is 2. The molecule has 0 bridgehead atoms. The smallest absolute Gasteiger partial charge is 0.314 e. The van der Waals surface area contributed by atoms with Gasteiger partial charge in [-0.3, -0.25) is 0 Å². The monoisotopic (exact) mass is 364 g/mol. The molecule has 0 unspecified atom stereocenters. The molecule has 2 N–H and O–H groups in total. The number of allylic oxidation sites excluding steroid dienone is 2. The van der Waals surface area contributed by atoms with E-state index in [0.29, 0.717) is 0 Å². The van der Waals surface area contributed by atoms with Crippen molar-refractivity contribution in [3.63, 3.8) is 0 Å². The molecule has 0 aliphatic carbocycles. The molecule has 2 amide bonds. The third kappa shape index (κ3) is 9.00. The maximum absolute atomic E-state index is 11.7. The van der Waals surface area contributed by atoms with Gasteiger partial charge in [-0.25, -0.2) is 9.78 Å². The molecule has 1 aromatic heterocycles. The Bertz CT molecular complexity index is 515. The quantitative estimate of drug-likeness (QED) is 0.673. The van der Waals surface area contributed by atoms with E-state index in [-0.39, 0.29) is 6.03 Å². The third-order valence-electron chi connectivity index (χ3n) is 4.28. The van der Waals surface area contributed by atoms with Crippen LogP contribution in [0.4, 0.5) is 4.79 Å². The van der Waals surface area contributed by atoms with E-state index >= 15 is 0 Å². The van der Waals surface area contributed by atoms with Crippen LogP contribution in [0, 0.1) is 0 Å². The number of imidazole rings is 1. The fourth-order valence-electron chi connectivity index (χ4n) is 2.81. The number of rotatable bonds is 0. The van der Waals surface area contributed by atoms with Gasteiger partial charge >= 0.3 is 6.03 Å². The normalized spacial score (nSPS) is 21.2. The summed E-state index contributed by atoms with van der Waals surface area (Å²) in [7, 11) is 0. The number of carbonyl (C=O) groups excluding carboxylic acids is 1. The van der Waals surface area contributed by atoms with Crippen LogP contribution in [-0.4, -0.2) is 34.4 Å². The van der Waals surface area contributed by atoms with Crippen LogP contribution >= 0.6 is 11.8 Å². The van der Waals surface area contributed by atoms with E-state index in [2.05, 4.69) is 38.5 Å². The number of thioether (sulfide) groups is 1. The summed E-state index contributed by atoms with van der Waals surface area (Å²) in [4.78, 5) is 16.2. The predicted octanol–water partition coefficient (Wildman–Crippen LogP) is 4.36. The second-order valence-electron chi connectivity index (χ2n) is 6.46. The highest BCUT2D eigenvalue weighted by atomic mass is 32.2. The van der Waals surface area contributed by atoms with E-state index < -0.39 is 0 Å². The summed E-state index contributed by atoms with van der Waals surface area (Å²) in [6.45, 7) is 2.46. The van der Waals surface area contributed by atoms with Gasteiger partial charge in [-0.05, 0) is 51.4 Å². The summed E-state index contributed by atoms with van der Waals surface area (Å²) >= 11 is 1.86. The molecule has 1 aliphatic rings. The van der Waals surface area contributed by atoms with Gasteiger partial charge in [0.05, 0.1) is 0 Å². The topological polar surface area (TPSA) is 59.0 Å². The fraction of sp³-hybridized carbons (Fsp3) is 0.684. The summed E-state index contributed by atoms with van der Waals surface area (Å²) in [6.07, 6.45) is 18.9. The minimum atomic E-state index is -0.0414. The maximum Gasteiger partial charge on any atom is 0.314 e. The number of urea groups is 1. The first-order valence-electron chi connectivity index (χ1n) is 9.67. The Labute approximate surface area is 156 Å². The Morgan fingerprint density at radius 2 is 1.64 bits per heavy atom. The van der Waals surface area contributed by atoms with Crippen molar-refractivity contribution >= 4 is 17.8 Å². The van der Waals surface area contributed by atoms with Crippen molar-refractivity contribution in [3.05, 3.63) is 24.5 Å². The molecule has 0 atom stereocenters. The lowest BCUT2D eigenvalue weighted by molar-refractivity contribution is 0.240. The van der Waals surface area contributed by atoms with E-state index in [1.54, 1.807) is 0 Å². The van der Waals surface area contributed by atoms with Crippen molar-refractivity contribution < 1.29 is 4.79 Å². The molecule has 0 fully saturated rings. The Balaban J connectivity index is 1.76. The highest BCUT2D eigenvalue weighted by Gasteiger charge is 2.04. The molecule has 2 rings (SSSR count). The summed E-state index contributed by atoms with van der Waals surface area (Å²) in [5, 5.41) is 6.99. The molecule has 0 spiro atoms. The molecule has 25 heavy (non-hydrogen) atoms. The van der Waals surface area contributed by atoms with Crippen LogP contribution in [0.5, 0.6) is 0 Å². The third-order valence-corrected chi connectivity index (χ3v) is 5.38. The molecule has 140 valence electrons. The highest BCUT2D eigenvalue weighted by molar-refractivity contribution is 7.99. The summed E-state index contributed by atoms with van der Waals surface area (Å²) in [5.74, 6) is 1.14. The lowest BCUT2D eigenvalue weighted by Crippen LogP contribution is -2.36. The van der Waals surface area contributed by atoms with Crippen molar-refractivity contribution in [2.45, 2.75) is 69.5 Å². The SMILES string of the molecule is O=C1NCCCC/C=C\CCCCCSc2nccn2CCCCN1. The van der Waals surface area contributed by atoms with Gasteiger partial charge in [0.2, 0.25) is 0 Å². The Morgan fingerprint density at radius 1 is 0.920 bits per heavy atom. The van der Waals surface area contributed by atoms with Crippen molar-refractivity contribution in [2.75, 3.05) is 18.8 Å². The van der Waals surface area contributed by atoms with Gasteiger partial charge in [0.1, 0.15) is 0 Å². The van der Waals surface area contributed by atoms with Gasteiger partial charge in [-0.1, -0.05) is 30.3 Å². The number of aryl methyl sites for hydroxylation is 1. The van der Waals surface area contributed by atoms with Crippen LogP contribution in [0.15, 0.2) is 29.7 Å². The zero-order valence-corrected chi connectivity index (χ0v) is 16.0. The molecular weight excluding hydrogens is 332 g/mol. The van der Waals surface area contributed by atoms with Crippen LogP contribution in [0.2, 0.25) is 0 Å². The molecule has 1 aliphatic heterocycles. The molecule has 0 saturated heterocycles. The molecule has 5 nitrogen and oxygen atoms in total. The average molecular weight is 365 g/mol. The van der Waals surface area contributed by atoms with Gasteiger partial charge in [0.15, 0.2) is 5.16 Å². The lowest BCUT2D eigenvalue weighted by atomic mass is 10.1. The first-order chi connectivity index (χ1) is 12.4. The first kappa shape index (κ1) is 19.9. The second-order valence-corrected chi connectivity index (χ2v) is 7.52. The van der Waals surface area contributed by atoms with Gasteiger partial charge in [-0.15, -0.1) is 0 Å². The van der Waals surface area contributed by atoms with E-state index in [0.717, 1.165) is 62.6 Å². The van der Waals surface area contributed by atoms with E-state index in [1.165, 1.54) is 25.7 Å². The number of hydrogen-bond acceptors (Lipinski definition) is 3. The molecule has 6 heteroatoms. The first-order valence-corrected chi connectivity index (χ1v) is 10.7. The van der Waals surface area contributed by atoms with Crippen LogP contribution in [-0.2, 0) is 6.54 Å². The van der Waals surface area contributed by atoms with Crippen LogP contribution in [0.25, 0.3) is 0 Å². The number of nitrogens with one attached hydrogen (secondary N) is 2. The summed E-state index contributed by atoms with van der Waals surface area (Å²) in [6, 6.07) is -0.0414. The minimum Gasteiger partial charge on any atom is -0.338 e. The minimum absolute atomic E-state index is 0.0414. The summed E-state index contributed by atoms with van der Waals surface area (Å²) < 4.78 is 2.23. The van der Waals surface area contributed by atoms with Crippen molar-refractivity contribution in [1.82, 2.24) is 20.2 Å². The maximum atomic E-state index is 11.7. The van der Waals surface area contributed by atoms with Gasteiger partial charge in [-0.2, -0.15) is 0 Å². The fourth-order valence-corrected chi connectivity index (χ4v) is 3.79. The average Bonchev–Trinajstić information content (AvgIpc) is 3.05. The number of carbonyl (C=O) groups is 1. The Hall–Kier alpha value is -1.43. The van der Waals surface area contributed by atoms with E-state index in [1.807, 2.05) is 18.0 Å². The Morgan fingerprint density at radius 3 is 2.44 bits per heavy atom. The number of hydrogen-bond donors (Lipinski definition) is 2. The largest absolute Gasteiger partial charge is 0.338 e. The molecule has 0 saturated carbocycles. The second kappa shape index (κ2) is 12.9. The summed E-state index contributed by atoms with van der Waals surface area (Å²) in [5.41, 5.74) is 0. The van der Waals surface area contributed by atoms with Crippen molar-refractivity contribution in [2.24, 2.45) is 0 Å². The Kier molecular flexibility index (Phi) is 10.2. The highest BCUT2D eigenvalue weighted by Crippen LogP contribution is 2.18. The predicted molar refractivity (Wildman–Crippen MR) is 105 cm³/mol. The lowest BCUT2D eigenvalue weighted by Gasteiger charge is -2.09. The van der Waals surface area contributed by atoms with Crippen LogP contribution in [0.1, 0.15) is 57.8 Å². The van der Waals surface area contributed by atoms with Gasteiger partial charge in [0.25, 0.3) is 0 Å². The zero-order valence-electron chi connectivity index (χ0n) is 15.2. The molecule has 1 aromatic rings. The zero-order chi connectivity index (χ0) is 17.6. The van der Waals surface area contributed by atoms with Gasteiger partial charge < -0.3 is 15.2 Å². The van der Waals surface area contributed by atoms with E-state index in [4.69, 9.17) is 0 Å². The van der Waals surface area contributed by atoms with E-state index in [9.17, 15) is 4.79 Å². The van der Waals surface area contributed by atoms with Crippen LogP contribution in [0.3, 0.4) is 0 Å². The standard InChI is InChI=1S/C19H32N4OS/c24-18-20-12-8-6-4-2-1-3-5-7-11-17-25-19-22-14-16-23(19)15-10-9-13-21-18/h1-2,14,16H,3-13,15,17H2,(H2,20,21,24)/b2-1-. The van der Waals surface area contributed by atoms with Crippen LogP contribution < -0.4 is 10.6 Å². The molecule has 0 aromatic carbocycles. The number of nitrogens with zero attached hydrogens (tertiary/aromatic N) is 2.